The molecule has 0 aliphatic rings. The van der Waals surface area contributed by atoms with Crippen molar-refractivity contribution < 1.29 is 0 Å². The standard InChI is InChI=1S/C20H17N/c1-15-13-19-18-10-6-5-9-17(18)11-12-20(19)21(15)14-16-7-3-2-4-8-16/h2-13H,14H2,1H3. The van der Waals surface area contributed by atoms with Crippen LogP contribution in [0.4, 0.5) is 0 Å². The Morgan fingerprint density at radius 2 is 1.52 bits per heavy atom. The van der Waals surface area contributed by atoms with Gasteiger partial charge in [-0.15, -0.1) is 0 Å². The second-order valence-electron chi connectivity index (χ2n) is 5.58. The summed E-state index contributed by atoms with van der Waals surface area (Å²) in [5.74, 6) is 0. The Morgan fingerprint density at radius 3 is 2.38 bits per heavy atom. The number of nitrogens with zero attached hydrogens (tertiary/aromatic N) is 1. The summed E-state index contributed by atoms with van der Waals surface area (Å²) < 4.78 is 2.40. The largest absolute Gasteiger partial charge is 0.340 e. The minimum Gasteiger partial charge on any atom is -0.340 e. The van der Waals surface area contributed by atoms with E-state index >= 15 is 0 Å². The highest BCUT2D eigenvalue weighted by atomic mass is 15.0. The van der Waals surface area contributed by atoms with E-state index in [4.69, 9.17) is 0 Å². The van der Waals surface area contributed by atoms with Crippen LogP contribution >= 0.6 is 0 Å². The highest BCUT2D eigenvalue weighted by Gasteiger charge is 2.08. The molecule has 0 atom stereocenters. The molecule has 102 valence electrons. The summed E-state index contributed by atoms with van der Waals surface area (Å²) >= 11 is 0. The van der Waals surface area contributed by atoms with Crippen molar-refractivity contribution in [3.63, 3.8) is 0 Å². The van der Waals surface area contributed by atoms with Gasteiger partial charge in [0, 0.05) is 23.1 Å². The Labute approximate surface area is 124 Å². The molecule has 0 bridgehead atoms. The van der Waals surface area contributed by atoms with Crippen molar-refractivity contribution in [2.75, 3.05) is 0 Å². The van der Waals surface area contributed by atoms with Gasteiger partial charge in [-0.2, -0.15) is 0 Å². The first-order chi connectivity index (χ1) is 10.3. The van der Waals surface area contributed by atoms with Crippen molar-refractivity contribution >= 4 is 21.7 Å². The summed E-state index contributed by atoms with van der Waals surface area (Å²) in [5, 5.41) is 3.99. The Bertz CT molecular complexity index is 917. The van der Waals surface area contributed by atoms with E-state index in [1.165, 1.54) is 32.9 Å². The summed E-state index contributed by atoms with van der Waals surface area (Å²) in [5.41, 5.74) is 3.96. The molecule has 0 amide bonds. The van der Waals surface area contributed by atoms with Gasteiger partial charge in [-0.1, -0.05) is 60.7 Å². The molecule has 0 aliphatic carbocycles. The summed E-state index contributed by atoms with van der Waals surface area (Å²) in [6.45, 7) is 3.12. The molecule has 21 heavy (non-hydrogen) atoms. The molecule has 0 saturated carbocycles. The van der Waals surface area contributed by atoms with E-state index in [1.54, 1.807) is 0 Å². The summed E-state index contributed by atoms with van der Waals surface area (Å²) in [6.07, 6.45) is 0. The molecule has 4 rings (SSSR count). The molecule has 0 N–H and O–H groups in total. The van der Waals surface area contributed by atoms with E-state index in [9.17, 15) is 0 Å². The lowest BCUT2D eigenvalue weighted by Gasteiger charge is -2.09. The number of rotatable bonds is 2. The van der Waals surface area contributed by atoms with E-state index in [-0.39, 0.29) is 0 Å². The smallest absolute Gasteiger partial charge is 0.0492 e. The fraction of sp³-hybridized carbons (Fsp3) is 0.100. The van der Waals surface area contributed by atoms with Crippen LogP contribution in [0.2, 0.25) is 0 Å². The molecule has 0 aliphatic heterocycles. The summed E-state index contributed by atoms with van der Waals surface area (Å²) in [7, 11) is 0. The Kier molecular flexibility index (Phi) is 2.78. The molecule has 0 radical (unpaired) electrons. The normalized spacial score (nSPS) is 11.3. The fourth-order valence-corrected chi connectivity index (χ4v) is 3.12. The van der Waals surface area contributed by atoms with Crippen LogP contribution < -0.4 is 0 Å². The first kappa shape index (κ1) is 12.2. The minimum atomic E-state index is 0.925. The lowest BCUT2D eigenvalue weighted by Crippen LogP contribution is -2.00. The van der Waals surface area contributed by atoms with Crippen molar-refractivity contribution in [1.29, 1.82) is 0 Å². The first-order valence-electron chi connectivity index (χ1n) is 7.34. The number of benzene rings is 3. The topological polar surface area (TPSA) is 4.93 Å². The number of aryl methyl sites for hydroxylation is 1. The maximum atomic E-state index is 2.40. The average Bonchev–Trinajstić information content (AvgIpc) is 2.85. The van der Waals surface area contributed by atoms with Crippen molar-refractivity contribution in [3.8, 4) is 0 Å². The van der Waals surface area contributed by atoms with Crippen LogP contribution in [-0.4, -0.2) is 4.57 Å². The molecule has 1 nitrogen and oxygen atoms in total. The van der Waals surface area contributed by atoms with E-state index in [0.717, 1.165) is 6.54 Å². The third-order valence-corrected chi connectivity index (χ3v) is 4.20. The van der Waals surface area contributed by atoms with Gasteiger partial charge in [-0.25, -0.2) is 0 Å². The molecule has 1 aromatic heterocycles. The zero-order chi connectivity index (χ0) is 14.2. The van der Waals surface area contributed by atoms with Crippen LogP contribution in [0.15, 0.2) is 72.8 Å². The molecule has 4 aromatic rings. The highest BCUT2D eigenvalue weighted by Crippen LogP contribution is 2.28. The van der Waals surface area contributed by atoms with Crippen molar-refractivity contribution in [1.82, 2.24) is 4.57 Å². The van der Waals surface area contributed by atoms with E-state index in [1.807, 2.05) is 0 Å². The zero-order valence-electron chi connectivity index (χ0n) is 12.1. The number of fused-ring (bicyclic) bond motifs is 3. The summed E-state index contributed by atoms with van der Waals surface area (Å²) in [4.78, 5) is 0. The zero-order valence-corrected chi connectivity index (χ0v) is 12.1. The number of hydrogen-bond donors (Lipinski definition) is 0. The van der Waals surface area contributed by atoms with Gasteiger partial charge in [0.05, 0.1) is 0 Å². The van der Waals surface area contributed by atoms with Gasteiger partial charge < -0.3 is 4.57 Å². The van der Waals surface area contributed by atoms with Crippen LogP contribution in [0.5, 0.6) is 0 Å². The minimum absolute atomic E-state index is 0.925. The van der Waals surface area contributed by atoms with Crippen LogP contribution in [-0.2, 0) is 6.54 Å². The van der Waals surface area contributed by atoms with Gasteiger partial charge in [0.15, 0.2) is 0 Å². The SMILES string of the molecule is Cc1cc2c3ccccc3ccc2n1Cc1ccccc1. The molecule has 0 saturated heterocycles. The second kappa shape index (κ2) is 4.78. The monoisotopic (exact) mass is 271 g/mol. The van der Waals surface area contributed by atoms with Gasteiger partial charge in [0.25, 0.3) is 0 Å². The van der Waals surface area contributed by atoms with E-state index in [2.05, 4.69) is 84.3 Å². The number of hydrogen-bond acceptors (Lipinski definition) is 0. The predicted molar refractivity (Wildman–Crippen MR) is 89.7 cm³/mol. The average molecular weight is 271 g/mol. The first-order valence-corrected chi connectivity index (χ1v) is 7.34. The maximum absolute atomic E-state index is 2.40. The van der Waals surface area contributed by atoms with Crippen molar-refractivity contribution in [2.24, 2.45) is 0 Å². The molecule has 0 fully saturated rings. The molecular weight excluding hydrogens is 254 g/mol. The third-order valence-electron chi connectivity index (χ3n) is 4.20. The molecule has 3 aromatic carbocycles. The summed E-state index contributed by atoms with van der Waals surface area (Å²) in [6, 6.07) is 26.0. The molecule has 1 heteroatoms. The van der Waals surface area contributed by atoms with Crippen LogP contribution in [0.3, 0.4) is 0 Å². The third kappa shape index (κ3) is 2.02. The van der Waals surface area contributed by atoms with Gasteiger partial charge in [-0.05, 0) is 35.4 Å². The molecular formula is C20H17N. The molecule has 0 unspecified atom stereocenters. The van der Waals surface area contributed by atoms with Crippen LogP contribution in [0.25, 0.3) is 21.7 Å². The number of aromatic nitrogens is 1. The lowest BCUT2D eigenvalue weighted by atomic mass is 10.1. The molecule has 1 heterocycles. The lowest BCUT2D eigenvalue weighted by molar-refractivity contribution is 0.805. The molecule has 0 spiro atoms. The van der Waals surface area contributed by atoms with Crippen molar-refractivity contribution in [3.05, 3.63) is 84.1 Å². The van der Waals surface area contributed by atoms with Crippen LogP contribution in [0.1, 0.15) is 11.3 Å². The van der Waals surface area contributed by atoms with Gasteiger partial charge >= 0.3 is 0 Å². The van der Waals surface area contributed by atoms with E-state index < -0.39 is 0 Å². The highest BCUT2D eigenvalue weighted by molar-refractivity contribution is 6.07. The van der Waals surface area contributed by atoms with E-state index in [0.29, 0.717) is 0 Å². The second-order valence-corrected chi connectivity index (χ2v) is 5.58. The van der Waals surface area contributed by atoms with Gasteiger partial charge in [0.1, 0.15) is 0 Å². The Morgan fingerprint density at radius 1 is 0.762 bits per heavy atom. The van der Waals surface area contributed by atoms with Gasteiger partial charge in [0.2, 0.25) is 0 Å². The Balaban J connectivity index is 1.93. The van der Waals surface area contributed by atoms with Gasteiger partial charge in [-0.3, -0.25) is 0 Å². The van der Waals surface area contributed by atoms with Crippen molar-refractivity contribution in [2.45, 2.75) is 13.5 Å². The predicted octanol–water partition coefficient (Wildman–Crippen LogP) is 5.15. The van der Waals surface area contributed by atoms with Crippen LogP contribution in [0, 0.1) is 6.92 Å². The Hall–Kier alpha value is -2.54. The quantitative estimate of drug-likeness (QED) is 0.475. The maximum Gasteiger partial charge on any atom is 0.0492 e. The fourth-order valence-electron chi connectivity index (χ4n) is 3.12.